The number of ether oxygens (including phenoxy) is 2. The Morgan fingerprint density at radius 2 is 2.04 bits per heavy atom. The number of fused-ring (bicyclic) bond motifs is 3. The minimum absolute atomic E-state index is 0.160. The van der Waals surface area contributed by atoms with Crippen molar-refractivity contribution in [3.05, 3.63) is 29.8 Å². The van der Waals surface area contributed by atoms with Crippen LogP contribution in [-0.2, 0) is 19.9 Å². The molecule has 2 aliphatic heterocycles. The lowest BCUT2D eigenvalue weighted by molar-refractivity contribution is -0.175. The highest BCUT2D eigenvalue weighted by Crippen LogP contribution is 2.52. The molecule has 0 aromatic heterocycles. The van der Waals surface area contributed by atoms with E-state index in [0.717, 1.165) is 11.3 Å². The summed E-state index contributed by atoms with van der Waals surface area (Å²) in [5.74, 6) is -2.83. The zero-order chi connectivity index (χ0) is 16.9. The topological polar surface area (TPSA) is 59.6 Å². The SMILES string of the molecule is CC1(C)O[C@H]2Nc3ccccc3[C@@]2(CCNC(=O)C(F)(F)F)O1. The van der Waals surface area contributed by atoms with Crippen LogP contribution < -0.4 is 10.6 Å². The molecular weight excluding hydrogens is 313 g/mol. The highest BCUT2D eigenvalue weighted by atomic mass is 19.4. The largest absolute Gasteiger partial charge is 0.471 e. The first-order chi connectivity index (χ1) is 10.6. The Bertz CT molecular complexity index is 633. The van der Waals surface area contributed by atoms with Gasteiger partial charge in [-0.3, -0.25) is 4.79 Å². The predicted molar refractivity (Wildman–Crippen MR) is 75.5 cm³/mol. The third-order valence-corrected chi connectivity index (χ3v) is 3.96. The molecular formula is C15H17F3N2O3. The summed E-state index contributed by atoms with van der Waals surface area (Å²) in [6.45, 7) is 3.31. The molecule has 0 aliphatic carbocycles. The molecule has 23 heavy (non-hydrogen) atoms. The maximum absolute atomic E-state index is 12.3. The summed E-state index contributed by atoms with van der Waals surface area (Å²) < 4.78 is 48.7. The van der Waals surface area contributed by atoms with Crippen molar-refractivity contribution in [3.63, 3.8) is 0 Å². The molecule has 0 radical (unpaired) electrons. The Labute approximate surface area is 131 Å². The lowest BCUT2D eigenvalue weighted by Crippen LogP contribution is -2.42. The summed E-state index contributed by atoms with van der Waals surface area (Å²) in [4.78, 5) is 11.0. The van der Waals surface area contributed by atoms with Gasteiger partial charge >= 0.3 is 12.1 Å². The zero-order valence-electron chi connectivity index (χ0n) is 12.7. The van der Waals surface area contributed by atoms with E-state index in [0.29, 0.717) is 0 Å². The summed E-state index contributed by atoms with van der Waals surface area (Å²) >= 11 is 0. The molecule has 1 aromatic carbocycles. The summed E-state index contributed by atoms with van der Waals surface area (Å²) in [5.41, 5.74) is 0.700. The molecule has 5 nitrogen and oxygen atoms in total. The number of hydrogen-bond donors (Lipinski definition) is 2. The van der Waals surface area contributed by atoms with E-state index in [9.17, 15) is 18.0 Å². The number of alkyl halides is 3. The van der Waals surface area contributed by atoms with E-state index in [1.807, 2.05) is 29.6 Å². The van der Waals surface area contributed by atoms with E-state index in [-0.39, 0.29) is 13.0 Å². The molecule has 1 aromatic rings. The molecule has 2 aliphatic rings. The van der Waals surface area contributed by atoms with E-state index in [4.69, 9.17) is 9.47 Å². The van der Waals surface area contributed by atoms with Crippen LogP contribution in [0.2, 0.25) is 0 Å². The summed E-state index contributed by atoms with van der Waals surface area (Å²) in [6, 6.07) is 7.37. The third kappa shape index (κ3) is 2.76. The fourth-order valence-electron chi connectivity index (χ4n) is 3.14. The Kier molecular flexibility index (Phi) is 3.57. The normalized spacial score (nSPS) is 28.0. The lowest BCUT2D eigenvalue weighted by Gasteiger charge is -2.28. The first kappa shape index (κ1) is 16.1. The maximum atomic E-state index is 12.3. The van der Waals surface area contributed by atoms with Crippen LogP contribution in [0.3, 0.4) is 0 Å². The molecule has 8 heteroatoms. The summed E-state index contributed by atoms with van der Waals surface area (Å²) in [7, 11) is 0. The molecule has 2 N–H and O–H groups in total. The number of nitrogens with one attached hydrogen (secondary N) is 2. The van der Waals surface area contributed by atoms with Crippen LogP contribution >= 0.6 is 0 Å². The summed E-state index contributed by atoms with van der Waals surface area (Å²) in [5, 5.41) is 5.07. The van der Waals surface area contributed by atoms with Crippen molar-refractivity contribution in [2.24, 2.45) is 0 Å². The van der Waals surface area contributed by atoms with Gasteiger partial charge in [0.15, 0.2) is 12.0 Å². The molecule has 1 amide bonds. The van der Waals surface area contributed by atoms with E-state index in [1.54, 1.807) is 13.8 Å². The first-order valence-corrected chi connectivity index (χ1v) is 7.23. The molecule has 0 bridgehead atoms. The Hall–Kier alpha value is -1.80. The van der Waals surface area contributed by atoms with E-state index in [2.05, 4.69) is 5.32 Å². The van der Waals surface area contributed by atoms with Gasteiger partial charge in [-0.25, -0.2) is 0 Å². The maximum Gasteiger partial charge on any atom is 0.471 e. The monoisotopic (exact) mass is 330 g/mol. The minimum atomic E-state index is -4.89. The molecule has 3 rings (SSSR count). The van der Waals surface area contributed by atoms with Crippen molar-refractivity contribution in [3.8, 4) is 0 Å². The third-order valence-electron chi connectivity index (χ3n) is 3.96. The molecule has 1 fully saturated rings. The zero-order valence-corrected chi connectivity index (χ0v) is 12.7. The number of carbonyl (C=O) groups excluding carboxylic acids is 1. The average Bonchev–Trinajstić information content (AvgIpc) is 2.84. The van der Waals surface area contributed by atoms with Crippen LogP contribution in [0.15, 0.2) is 24.3 Å². The first-order valence-electron chi connectivity index (χ1n) is 7.23. The van der Waals surface area contributed by atoms with E-state index < -0.39 is 29.7 Å². The van der Waals surface area contributed by atoms with Crippen molar-refractivity contribution in [2.45, 2.75) is 44.1 Å². The van der Waals surface area contributed by atoms with Crippen molar-refractivity contribution in [2.75, 3.05) is 11.9 Å². The fourth-order valence-corrected chi connectivity index (χ4v) is 3.14. The number of halogens is 3. The van der Waals surface area contributed by atoms with E-state index in [1.165, 1.54) is 0 Å². The van der Waals surface area contributed by atoms with Gasteiger partial charge in [-0.2, -0.15) is 13.2 Å². The highest BCUT2D eigenvalue weighted by Gasteiger charge is 2.58. The quantitative estimate of drug-likeness (QED) is 0.894. The molecule has 0 spiro atoms. The Morgan fingerprint density at radius 3 is 2.74 bits per heavy atom. The second-order valence-corrected chi connectivity index (χ2v) is 6.08. The van der Waals surface area contributed by atoms with Gasteiger partial charge in [0.1, 0.15) is 5.60 Å². The lowest BCUT2D eigenvalue weighted by atomic mass is 9.91. The standard InChI is InChI=1S/C15H17F3N2O3/c1-13(2)22-12-14(23-13,7-8-19-11(21)15(16,17)18)9-5-3-4-6-10(9)20-12/h3-6,12,20H,7-8H2,1-2H3,(H,19,21)/t12-,14-/m1/s1. The van der Waals surface area contributed by atoms with Gasteiger partial charge in [-0.15, -0.1) is 0 Å². The van der Waals surface area contributed by atoms with Gasteiger partial charge in [0.2, 0.25) is 0 Å². The van der Waals surface area contributed by atoms with Crippen LogP contribution in [0.1, 0.15) is 25.8 Å². The van der Waals surface area contributed by atoms with Crippen molar-refractivity contribution < 1.29 is 27.4 Å². The predicted octanol–water partition coefficient (Wildman–Crippen LogP) is 2.49. The van der Waals surface area contributed by atoms with Gasteiger partial charge in [0, 0.05) is 24.2 Å². The second kappa shape index (κ2) is 5.10. The van der Waals surface area contributed by atoms with Gasteiger partial charge < -0.3 is 20.1 Å². The molecule has 2 atom stereocenters. The highest BCUT2D eigenvalue weighted by molar-refractivity contribution is 5.81. The Morgan fingerprint density at radius 1 is 1.35 bits per heavy atom. The van der Waals surface area contributed by atoms with Crippen LogP contribution in [0, 0.1) is 0 Å². The molecule has 0 unspecified atom stereocenters. The molecule has 2 heterocycles. The number of carbonyl (C=O) groups is 1. The number of amides is 1. The van der Waals surface area contributed by atoms with Crippen LogP contribution in [0.5, 0.6) is 0 Å². The second-order valence-electron chi connectivity index (χ2n) is 6.08. The number of para-hydroxylation sites is 1. The Balaban J connectivity index is 1.80. The number of hydrogen-bond acceptors (Lipinski definition) is 4. The number of rotatable bonds is 3. The smallest absolute Gasteiger partial charge is 0.357 e. The summed E-state index contributed by atoms with van der Waals surface area (Å²) in [6.07, 6.45) is -5.25. The van der Waals surface area contributed by atoms with Crippen molar-refractivity contribution in [1.29, 1.82) is 0 Å². The van der Waals surface area contributed by atoms with Crippen LogP contribution in [0.25, 0.3) is 0 Å². The van der Waals surface area contributed by atoms with Crippen LogP contribution in [0.4, 0.5) is 18.9 Å². The fraction of sp³-hybridized carbons (Fsp3) is 0.533. The van der Waals surface area contributed by atoms with Crippen molar-refractivity contribution in [1.82, 2.24) is 5.32 Å². The van der Waals surface area contributed by atoms with Gasteiger partial charge in [-0.05, 0) is 19.9 Å². The van der Waals surface area contributed by atoms with Crippen LogP contribution in [-0.4, -0.2) is 30.6 Å². The van der Waals surface area contributed by atoms with Gasteiger partial charge in [-0.1, -0.05) is 18.2 Å². The van der Waals surface area contributed by atoms with Gasteiger partial charge in [0.25, 0.3) is 0 Å². The van der Waals surface area contributed by atoms with Gasteiger partial charge in [0.05, 0.1) is 0 Å². The number of benzene rings is 1. The average molecular weight is 330 g/mol. The number of anilines is 1. The van der Waals surface area contributed by atoms with Crippen molar-refractivity contribution >= 4 is 11.6 Å². The molecule has 1 saturated heterocycles. The molecule has 0 saturated carbocycles. The molecule has 126 valence electrons. The minimum Gasteiger partial charge on any atom is -0.357 e. The van der Waals surface area contributed by atoms with E-state index >= 15 is 0 Å².